The number of ether oxygens (including phenoxy) is 2. The normalized spacial score (nSPS) is 19.9. The lowest BCUT2D eigenvalue weighted by atomic mass is 10.1. The van der Waals surface area contributed by atoms with Crippen molar-refractivity contribution in [1.29, 1.82) is 0 Å². The molecular formula is C33H32BrN4O9P. The summed E-state index contributed by atoms with van der Waals surface area (Å²) in [6.45, 7) is -0.444. The Morgan fingerprint density at radius 3 is 2.69 bits per heavy atom. The van der Waals surface area contributed by atoms with E-state index in [1.807, 2.05) is 48.5 Å². The number of halogens is 1. The number of aliphatic hydroxyl groups is 1. The minimum Gasteiger partial charge on any atom is -0.468 e. The molecule has 5 aromatic rings. The van der Waals surface area contributed by atoms with E-state index < -0.39 is 56.0 Å². The van der Waals surface area contributed by atoms with E-state index in [2.05, 4.69) is 31.0 Å². The summed E-state index contributed by atoms with van der Waals surface area (Å²) in [7, 11) is -3.21. The molecule has 1 aliphatic rings. The molecule has 250 valence electrons. The number of aromatic nitrogens is 3. The molecule has 0 spiro atoms. The number of esters is 1. The van der Waals surface area contributed by atoms with Crippen LogP contribution in [-0.4, -0.2) is 57.6 Å². The number of nitrogens with zero attached hydrogens (tertiary/aromatic N) is 1. The third kappa shape index (κ3) is 7.24. The predicted molar refractivity (Wildman–Crippen MR) is 183 cm³/mol. The van der Waals surface area contributed by atoms with Crippen molar-refractivity contribution in [2.24, 2.45) is 0 Å². The highest BCUT2D eigenvalue weighted by Gasteiger charge is 2.40. The maximum atomic E-state index is 14.7. The van der Waals surface area contributed by atoms with Gasteiger partial charge in [0.1, 0.15) is 24.1 Å². The second-order valence-corrected chi connectivity index (χ2v) is 13.3. The summed E-state index contributed by atoms with van der Waals surface area (Å²) < 4.78 is 38.9. The van der Waals surface area contributed by atoms with Crippen molar-refractivity contribution in [2.45, 2.75) is 37.3 Å². The first-order valence-corrected chi connectivity index (χ1v) is 17.4. The Kier molecular flexibility index (Phi) is 10.1. The molecule has 2 aromatic heterocycles. The Balaban J connectivity index is 1.28. The van der Waals surface area contributed by atoms with Gasteiger partial charge in [-0.25, -0.2) is 9.36 Å². The van der Waals surface area contributed by atoms with Gasteiger partial charge in [-0.1, -0.05) is 70.5 Å². The molecule has 1 aliphatic heterocycles. The molecule has 3 heterocycles. The molecule has 13 nitrogen and oxygen atoms in total. The number of fused-ring (bicyclic) bond motifs is 2. The molecule has 0 aliphatic carbocycles. The maximum Gasteiger partial charge on any atom is 0.459 e. The number of methoxy groups -OCH3 is 1. The molecule has 1 fully saturated rings. The van der Waals surface area contributed by atoms with Crippen LogP contribution in [0.5, 0.6) is 5.75 Å². The van der Waals surface area contributed by atoms with Gasteiger partial charge >= 0.3 is 19.4 Å². The molecule has 0 saturated carbocycles. The maximum absolute atomic E-state index is 14.7. The van der Waals surface area contributed by atoms with Gasteiger partial charge in [0.15, 0.2) is 0 Å². The number of rotatable bonds is 12. The summed E-state index contributed by atoms with van der Waals surface area (Å²) in [5.41, 5.74) is 0.501. The molecule has 4 N–H and O–H groups in total. The Hall–Kier alpha value is -4.30. The van der Waals surface area contributed by atoms with Crippen LogP contribution in [0.3, 0.4) is 0 Å². The van der Waals surface area contributed by atoms with Crippen molar-refractivity contribution >= 4 is 57.4 Å². The largest absolute Gasteiger partial charge is 0.468 e. The molecule has 6 rings (SSSR count). The van der Waals surface area contributed by atoms with Crippen molar-refractivity contribution in [3.63, 3.8) is 0 Å². The molecule has 48 heavy (non-hydrogen) atoms. The van der Waals surface area contributed by atoms with E-state index in [-0.39, 0.29) is 24.2 Å². The van der Waals surface area contributed by atoms with E-state index in [0.29, 0.717) is 5.39 Å². The predicted octanol–water partition coefficient (Wildman–Crippen LogP) is 4.76. The van der Waals surface area contributed by atoms with Crippen LogP contribution >= 0.6 is 23.7 Å². The molecule has 15 heteroatoms. The van der Waals surface area contributed by atoms with Crippen molar-refractivity contribution in [2.75, 3.05) is 13.7 Å². The van der Waals surface area contributed by atoms with Crippen LogP contribution in [0.1, 0.15) is 23.8 Å². The fraction of sp³-hybridized carbons (Fsp3) is 0.242. The highest BCUT2D eigenvalue weighted by molar-refractivity contribution is 9.11. The monoisotopic (exact) mass is 738 g/mol. The van der Waals surface area contributed by atoms with Crippen molar-refractivity contribution in [3.8, 4) is 5.75 Å². The third-order valence-corrected chi connectivity index (χ3v) is 9.85. The second kappa shape index (κ2) is 14.4. The van der Waals surface area contributed by atoms with Gasteiger partial charge in [0, 0.05) is 41.5 Å². The summed E-state index contributed by atoms with van der Waals surface area (Å²) in [4.78, 5) is 44.7. The second-order valence-electron chi connectivity index (χ2n) is 11.1. The van der Waals surface area contributed by atoms with Crippen molar-refractivity contribution in [3.05, 3.63) is 116 Å². The van der Waals surface area contributed by atoms with Crippen molar-refractivity contribution < 1.29 is 33.0 Å². The van der Waals surface area contributed by atoms with Crippen molar-refractivity contribution in [1.82, 2.24) is 19.6 Å². The van der Waals surface area contributed by atoms with Gasteiger partial charge in [-0.2, -0.15) is 5.09 Å². The van der Waals surface area contributed by atoms with Gasteiger partial charge in [-0.3, -0.25) is 23.7 Å². The van der Waals surface area contributed by atoms with E-state index in [0.717, 1.165) is 26.4 Å². The number of H-pyrrole nitrogens is 2. The zero-order valence-corrected chi connectivity index (χ0v) is 28.1. The molecule has 1 saturated heterocycles. The molecule has 1 unspecified atom stereocenters. The average Bonchev–Trinajstić information content (AvgIpc) is 3.67. The number of para-hydroxylation sites is 1. The van der Waals surface area contributed by atoms with E-state index in [9.17, 15) is 24.1 Å². The summed E-state index contributed by atoms with van der Waals surface area (Å²) >= 11 is 3.12. The standard InChI is InChI=1S/C33H32BrN4O9P/c1-44-32(41)26(15-22-17-35-25-11-5-4-9-23(22)25)37-48(43,47-28-12-6-8-20-7-2-3-10-24(20)28)45-19-29-27(39)16-30(46-29)38-18-21(13-14-34)31(40)36-33(38)42/h2-14,17-18,26-27,29-30,35,39H,15-16,19H2,1H3,(H,37,43)(H,36,40,42)/b14-13+/t26-,27-,29+,30+,48?/m0/s1. The molecular weight excluding hydrogens is 707 g/mol. The van der Waals surface area contributed by atoms with Crippen LogP contribution in [0.25, 0.3) is 27.8 Å². The molecule has 0 amide bonds. The Morgan fingerprint density at radius 2 is 1.90 bits per heavy atom. The van der Waals surface area contributed by atoms with Crippen LogP contribution in [-0.2, 0) is 29.8 Å². The number of aromatic amines is 2. The Bertz CT molecular complexity index is 2140. The lowest BCUT2D eigenvalue weighted by Gasteiger charge is -2.26. The first kappa shape index (κ1) is 33.6. The van der Waals surface area contributed by atoms with Crippen LogP contribution in [0.4, 0.5) is 0 Å². The number of aliphatic hydroxyl groups excluding tert-OH is 1. The topological polar surface area (TPSA) is 174 Å². The van der Waals surface area contributed by atoms with E-state index >= 15 is 0 Å². The van der Waals surface area contributed by atoms with E-state index in [1.165, 1.54) is 24.4 Å². The quantitative estimate of drug-likeness (QED) is 0.103. The zero-order chi connectivity index (χ0) is 33.8. The molecule has 0 radical (unpaired) electrons. The van der Waals surface area contributed by atoms with Crippen LogP contribution in [0.2, 0.25) is 0 Å². The van der Waals surface area contributed by atoms with Crippen LogP contribution < -0.4 is 20.9 Å². The number of benzene rings is 3. The summed E-state index contributed by atoms with van der Waals surface area (Å²) in [6, 6.07) is 19.0. The molecule has 3 aromatic carbocycles. The highest BCUT2D eigenvalue weighted by atomic mass is 79.9. The van der Waals surface area contributed by atoms with Gasteiger partial charge in [0.05, 0.1) is 25.4 Å². The number of carbonyl (C=O) groups is 1. The Morgan fingerprint density at radius 1 is 1.15 bits per heavy atom. The van der Waals surface area contributed by atoms with Gasteiger partial charge in [0.25, 0.3) is 5.56 Å². The summed E-state index contributed by atoms with van der Waals surface area (Å²) in [5, 5.41) is 16.0. The number of hydrogen-bond donors (Lipinski definition) is 4. The summed E-state index contributed by atoms with van der Waals surface area (Å²) in [5.74, 6) is -0.466. The first-order valence-electron chi connectivity index (χ1n) is 15.0. The van der Waals surface area contributed by atoms with Crippen LogP contribution in [0.15, 0.2) is 93.7 Å². The fourth-order valence-corrected chi connectivity index (χ4v) is 7.44. The minimum absolute atomic E-state index is 0.0231. The van der Waals surface area contributed by atoms with Crippen LogP contribution in [0, 0.1) is 0 Å². The average molecular weight is 740 g/mol. The number of hydrogen-bond acceptors (Lipinski definition) is 9. The smallest absolute Gasteiger partial charge is 0.459 e. The Labute approximate surface area is 282 Å². The highest BCUT2D eigenvalue weighted by Crippen LogP contribution is 2.48. The van der Waals surface area contributed by atoms with Gasteiger partial charge in [0.2, 0.25) is 0 Å². The minimum atomic E-state index is -4.43. The molecule has 0 bridgehead atoms. The van der Waals surface area contributed by atoms with E-state index in [1.54, 1.807) is 24.4 Å². The third-order valence-electron chi connectivity index (χ3n) is 8.03. The van der Waals surface area contributed by atoms with Gasteiger partial charge in [-0.05, 0) is 34.1 Å². The lowest BCUT2D eigenvalue weighted by Crippen LogP contribution is -2.39. The SMILES string of the molecule is COC(=O)[C@H](Cc1c[nH]c2ccccc12)NP(=O)(OC[C@H]1O[C@@H](n2cc(/C=C/Br)c(=O)[nH]c2=O)C[C@@H]1O)Oc1cccc2ccccc12. The number of nitrogens with one attached hydrogen (secondary N) is 3. The first-order chi connectivity index (χ1) is 23.2. The zero-order valence-electron chi connectivity index (χ0n) is 25.6. The fourth-order valence-electron chi connectivity index (χ4n) is 5.64. The molecule has 5 atom stereocenters. The number of carbonyl (C=O) groups excluding carboxylic acids is 1. The van der Waals surface area contributed by atoms with E-state index in [4.69, 9.17) is 18.5 Å². The van der Waals surface area contributed by atoms with Gasteiger partial charge < -0.3 is 24.1 Å². The summed E-state index contributed by atoms with van der Waals surface area (Å²) in [6.07, 6.45) is 1.44. The van der Waals surface area contributed by atoms with Gasteiger partial charge in [-0.15, -0.1) is 0 Å². The lowest BCUT2D eigenvalue weighted by molar-refractivity contribution is -0.142.